The topological polar surface area (TPSA) is 95.7 Å². The number of hydrogen-bond acceptors (Lipinski definition) is 4. The fourth-order valence-corrected chi connectivity index (χ4v) is 2.58. The Balaban J connectivity index is 2.15. The van der Waals surface area contributed by atoms with Crippen LogP contribution in [0.4, 0.5) is 11.4 Å². The zero-order valence-corrected chi connectivity index (χ0v) is 12.3. The Morgan fingerprint density at radius 2 is 1.95 bits per heavy atom. The molecule has 6 nitrogen and oxygen atoms in total. The minimum Gasteiger partial charge on any atom is -0.478 e. The molecule has 1 heterocycles. The number of nitrogens with one attached hydrogen (secondary N) is 1. The molecule has 6 heteroatoms. The summed E-state index contributed by atoms with van der Waals surface area (Å²) in [6.45, 7) is 5.13. The van der Waals surface area contributed by atoms with Crippen molar-refractivity contribution in [3.63, 3.8) is 0 Å². The number of carbonyl (C=O) groups is 2. The van der Waals surface area contributed by atoms with Crippen molar-refractivity contribution in [3.8, 4) is 0 Å². The predicted molar refractivity (Wildman–Crippen MR) is 81.4 cm³/mol. The Kier molecular flexibility index (Phi) is 4.35. The molecule has 0 radical (unpaired) electrons. The highest BCUT2D eigenvalue weighted by molar-refractivity contribution is 5.96. The molecular weight excluding hydrogens is 270 g/mol. The van der Waals surface area contributed by atoms with Gasteiger partial charge in [-0.1, -0.05) is 0 Å². The molecule has 1 aliphatic rings. The zero-order valence-electron chi connectivity index (χ0n) is 12.3. The molecule has 0 aromatic heterocycles. The molecule has 2 rings (SSSR count). The first-order valence-electron chi connectivity index (χ1n) is 7.09. The number of likely N-dealkylation sites (tertiary alicyclic amines) is 1. The number of hydrogen-bond donors (Lipinski definition) is 3. The molecule has 1 saturated heterocycles. The molecule has 0 saturated carbocycles. The Morgan fingerprint density at radius 3 is 2.52 bits per heavy atom. The molecule has 1 aliphatic heterocycles. The lowest BCUT2D eigenvalue weighted by Crippen LogP contribution is -2.39. The molecule has 21 heavy (non-hydrogen) atoms. The smallest absolute Gasteiger partial charge is 0.337 e. The van der Waals surface area contributed by atoms with Crippen molar-refractivity contribution >= 4 is 23.3 Å². The lowest BCUT2D eigenvalue weighted by molar-refractivity contribution is -0.130. The maximum Gasteiger partial charge on any atom is 0.337 e. The van der Waals surface area contributed by atoms with Crippen molar-refractivity contribution < 1.29 is 14.7 Å². The molecule has 0 aliphatic carbocycles. The summed E-state index contributed by atoms with van der Waals surface area (Å²) < 4.78 is 0. The second-order valence-electron chi connectivity index (χ2n) is 5.46. The third-order valence-corrected chi connectivity index (χ3v) is 3.79. The molecule has 0 bridgehead atoms. The number of anilines is 2. The van der Waals surface area contributed by atoms with Crippen molar-refractivity contribution in [3.05, 3.63) is 23.3 Å². The Morgan fingerprint density at radius 1 is 1.33 bits per heavy atom. The molecule has 4 N–H and O–H groups in total. The number of carboxylic acid groups (broad SMARTS) is 1. The van der Waals surface area contributed by atoms with Gasteiger partial charge in [0.1, 0.15) is 6.04 Å². The third-order valence-electron chi connectivity index (χ3n) is 3.79. The van der Waals surface area contributed by atoms with Gasteiger partial charge in [-0.05, 0) is 44.4 Å². The molecule has 1 aromatic carbocycles. The van der Waals surface area contributed by atoms with E-state index < -0.39 is 12.0 Å². The zero-order chi connectivity index (χ0) is 15.6. The van der Waals surface area contributed by atoms with Crippen molar-refractivity contribution in [1.29, 1.82) is 0 Å². The summed E-state index contributed by atoms with van der Waals surface area (Å²) in [5, 5.41) is 12.2. The van der Waals surface area contributed by atoms with Crippen LogP contribution in [-0.2, 0) is 4.79 Å². The van der Waals surface area contributed by atoms with Gasteiger partial charge in [-0.25, -0.2) is 4.79 Å². The van der Waals surface area contributed by atoms with Crippen LogP contribution in [0.2, 0.25) is 0 Å². The summed E-state index contributed by atoms with van der Waals surface area (Å²) in [6, 6.07) is 2.83. The van der Waals surface area contributed by atoms with E-state index in [0.29, 0.717) is 11.3 Å². The lowest BCUT2D eigenvalue weighted by atomic mass is 10.1. The van der Waals surface area contributed by atoms with Crippen molar-refractivity contribution in [1.82, 2.24) is 4.90 Å². The normalized spacial score (nSPS) is 15.8. The van der Waals surface area contributed by atoms with E-state index in [2.05, 4.69) is 5.32 Å². The van der Waals surface area contributed by atoms with E-state index in [1.165, 1.54) is 6.07 Å². The van der Waals surface area contributed by atoms with Gasteiger partial charge in [0, 0.05) is 24.5 Å². The van der Waals surface area contributed by atoms with E-state index in [-0.39, 0.29) is 17.2 Å². The molecule has 1 amide bonds. The molecule has 0 spiro atoms. The van der Waals surface area contributed by atoms with Gasteiger partial charge in [0.2, 0.25) is 5.91 Å². The Hall–Kier alpha value is -2.24. The van der Waals surface area contributed by atoms with E-state index in [0.717, 1.165) is 25.9 Å². The van der Waals surface area contributed by atoms with Gasteiger partial charge in [-0.2, -0.15) is 0 Å². The van der Waals surface area contributed by atoms with Crippen molar-refractivity contribution in [2.75, 3.05) is 24.1 Å². The minimum atomic E-state index is -1.07. The van der Waals surface area contributed by atoms with Crippen molar-refractivity contribution in [2.45, 2.75) is 32.7 Å². The van der Waals surface area contributed by atoms with E-state index in [1.807, 2.05) is 4.90 Å². The summed E-state index contributed by atoms with van der Waals surface area (Å²) in [4.78, 5) is 25.2. The maximum atomic E-state index is 12.2. The number of amides is 1. The minimum absolute atomic E-state index is 0.0406. The van der Waals surface area contributed by atoms with Crippen LogP contribution in [0.15, 0.2) is 12.1 Å². The van der Waals surface area contributed by atoms with Crippen LogP contribution >= 0.6 is 0 Å². The summed E-state index contributed by atoms with van der Waals surface area (Å²) in [5.74, 6) is -1.03. The number of nitrogens with two attached hydrogens (primary N) is 1. The highest BCUT2D eigenvalue weighted by Gasteiger charge is 2.23. The predicted octanol–water partition coefficient (Wildman–Crippen LogP) is 1.70. The number of nitrogens with zero attached hydrogens (tertiary/aromatic N) is 1. The first-order valence-corrected chi connectivity index (χ1v) is 7.09. The van der Waals surface area contributed by atoms with Gasteiger partial charge >= 0.3 is 5.97 Å². The lowest BCUT2D eigenvalue weighted by Gasteiger charge is -2.22. The fourth-order valence-electron chi connectivity index (χ4n) is 2.58. The van der Waals surface area contributed by atoms with Crippen LogP contribution in [0.5, 0.6) is 0 Å². The fraction of sp³-hybridized carbons (Fsp3) is 0.467. The molecule has 1 atom stereocenters. The average molecular weight is 291 g/mol. The number of benzene rings is 1. The van der Waals surface area contributed by atoms with Gasteiger partial charge in [-0.15, -0.1) is 0 Å². The number of aromatic carboxylic acids is 1. The van der Waals surface area contributed by atoms with Crippen LogP contribution in [0.1, 0.15) is 35.7 Å². The van der Waals surface area contributed by atoms with Crippen LogP contribution < -0.4 is 11.1 Å². The van der Waals surface area contributed by atoms with E-state index in [4.69, 9.17) is 10.8 Å². The van der Waals surface area contributed by atoms with Gasteiger partial charge in [-0.3, -0.25) is 4.79 Å². The van der Waals surface area contributed by atoms with Gasteiger partial charge in [0.15, 0.2) is 0 Å². The number of carbonyl (C=O) groups excluding carboxylic acids is 1. The van der Waals surface area contributed by atoms with Crippen LogP contribution in [0.25, 0.3) is 0 Å². The molecule has 1 aromatic rings. The largest absolute Gasteiger partial charge is 0.478 e. The quantitative estimate of drug-likeness (QED) is 0.734. The molecular formula is C15H21N3O3. The van der Waals surface area contributed by atoms with Crippen molar-refractivity contribution in [2.24, 2.45) is 0 Å². The summed E-state index contributed by atoms with van der Waals surface area (Å²) in [5.41, 5.74) is 7.34. The first kappa shape index (κ1) is 15.2. The van der Waals surface area contributed by atoms with E-state index in [9.17, 15) is 9.59 Å². The summed E-state index contributed by atoms with van der Waals surface area (Å²) >= 11 is 0. The first-order chi connectivity index (χ1) is 9.90. The second-order valence-corrected chi connectivity index (χ2v) is 5.46. The van der Waals surface area contributed by atoms with Gasteiger partial charge in [0.25, 0.3) is 0 Å². The molecule has 114 valence electrons. The standard InChI is InChI=1S/C15H21N3O3/c1-9-7-11(8-12(13(9)16)15(20)21)17-10(2)14(19)18-5-3-4-6-18/h7-8,10,17H,3-6,16H2,1-2H3,(H,20,21). The monoisotopic (exact) mass is 291 g/mol. The van der Waals surface area contributed by atoms with E-state index >= 15 is 0 Å². The average Bonchev–Trinajstić information content (AvgIpc) is 2.95. The van der Waals surface area contributed by atoms with Crippen LogP contribution in [0.3, 0.4) is 0 Å². The van der Waals surface area contributed by atoms with Gasteiger partial charge in [0.05, 0.1) is 5.56 Å². The van der Waals surface area contributed by atoms with E-state index in [1.54, 1.807) is 19.9 Å². The maximum absolute atomic E-state index is 12.2. The third kappa shape index (κ3) is 3.26. The summed E-state index contributed by atoms with van der Waals surface area (Å²) in [6.07, 6.45) is 2.09. The number of nitrogen functional groups attached to an aromatic ring is 1. The molecule has 1 fully saturated rings. The SMILES string of the molecule is Cc1cc(NC(C)C(=O)N2CCCC2)cc(C(=O)O)c1N. The summed E-state index contributed by atoms with van der Waals surface area (Å²) in [7, 11) is 0. The number of rotatable bonds is 4. The van der Waals surface area contributed by atoms with Crippen LogP contribution in [-0.4, -0.2) is 41.0 Å². The number of aryl methyl sites for hydroxylation is 1. The van der Waals surface area contributed by atoms with Crippen LogP contribution in [0, 0.1) is 6.92 Å². The second kappa shape index (κ2) is 6.03. The molecule has 1 unspecified atom stereocenters. The Labute approximate surface area is 123 Å². The highest BCUT2D eigenvalue weighted by atomic mass is 16.4. The number of carboxylic acids is 1. The Bertz CT molecular complexity index is 566. The highest BCUT2D eigenvalue weighted by Crippen LogP contribution is 2.23. The van der Waals surface area contributed by atoms with Gasteiger partial charge < -0.3 is 21.1 Å².